The van der Waals surface area contributed by atoms with Crippen LogP contribution in [0.2, 0.25) is 0 Å². The van der Waals surface area contributed by atoms with Crippen LogP contribution >= 0.6 is 0 Å². The van der Waals surface area contributed by atoms with Crippen LogP contribution in [0.5, 0.6) is 0 Å². The fraction of sp³-hybridized carbons (Fsp3) is 0.946. The lowest BCUT2D eigenvalue weighted by Crippen LogP contribution is -2.60. The Bertz CT molecular complexity index is 1150. The second-order valence-electron chi connectivity index (χ2n) is 16.8. The summed E-state index contributed by atoms with van der Waals surface area (Å²) in [5.41, 5.74) is 1.13. The van der Waals surface area contributed by atoms with Gasteiger partial charge in [-0.05, 0) is 93.3 Å². The highest BCUT2D eigenvalue weighted by molar-refractivity contribution is 5.22. The molecule has 0 aromatic carbocycles. The van der Waals surface area contributed by atoms with Gasteiger partial charge < -0.3 is 64.9 Å². The zero-order valence-electron chi connectivity index (χ0n) is 29.8. The highest BCUT2D eigenvalue weighted by atomic mass is 16.7. The van der Waals surface area contributed by atoms with Crippen molar-refractivity contribution in [2.24, 2.45) is 47.3 Å². The molecule has 8 unspecified atom stereocenters. The zero-order chi connectivity index (χ0) is 36.2. The van der Waals surface area contributed by atoms with Crippen LogP contribution in [-0.2, 0) is 18.9 Å². The molecular weight excluding hydrogens is 652 g/mol. The van der Waals surface area contributed by atoms with E-state index < -0.39 is 92.4 Å². The van der Waals surface area contributed by atoms with Crippen LogP contribution in [0.25, 0.3) is 0 Å². The van der Waals surface area contributed by atoms with Gasteiger partial charge in [-0.2, -0.15) is 0 Å². The van der Waals surface area contributed by atoms with Crippen molar-refractivity contribution < 1.29 is 64.9 Å². The van der Waals surface area contributed by atoms with Crippen molar-refractivity contribution >= 4 is 0 Å². The lowest BCUT2D eigenvalue weighted by Gasteiger charge is -2.52. The van der Waals surface area contributed by atoms with Crippen molar-refractivity contribution in [2.45, 2.75) is 165 Å². The summed E-state index contributed by atoms with van der Waals surface area (Å²) in [7, 11) is 0. The molecule has 13 nitrogen and oxygen atoms in total. The monoisotopic (exact) mass is 714 g/mol. The molecule has 9 N–H and O–H groups in total. The van der Waals surface area contributed by atoms with Gasteiger partial charge in [0.1, 0.15) is 42.7 Å². The van der Waals surface area contributed by atoms with Crippen LogP contribution in [0.15, 0.2) is 11.6 Å². The van der Waals surface area contributed by atoms with Crippen LogP contribution in [0.1, 0.15) is 79.1 Å². The Morgan fingerprint density at radius 3 is 2.06 bits per heavy atom. The number of ether oxygens (including phenoxy) is 4. The highest BCUT2D eigenvalue weighted by Crippen LogP contribution is 2.60. The van der Waals surface area contributed by atoms with Gasteiger partial charge in [0.2, 0.25) is 0 Å². The molecule has 5 fully saturated rings. The van der Waals surface area contributed by atoms with Gasteiger partial charge in [-0.3, -0.25) is 0 Å². The third-order valence-electron chi connectivity index (χ3n) is 13.4. The van der Waals surface area contributed by atoms with Crippen molar-refractivity contribution in [1.82, 2.24) is 0 Å². The second kappa shape index (κ2) is 15.9. The van der Waals surface area contributed by atoms with Crippen molar-refractivity contribution in [2.75, 3.05) is 6.61 Å². The van der Waals surface area contributed by atoms with E-state index in [4.69, 9.17) is 18.9 Å². The second-order valence-corrected chi connectivity index (χ2v) is 16.8. The van der Waals surface area contributed by atoms with Crippen LogP contribution in [-0.4, -0.2) is 138 Å². The molecule has 2 aliphatic heterocycles. The molecule has 6 rings (SSSR count). The number of aliphatic hydroxyl groups excluding tert-OH is 9. The summed E-state index contributed by atoms with van der Waals surface area (Å²) < 4.78 is 24.6. The van der Waals surface area contributed by atoms with Gasteiger partial charge >= 0.3 is 0 Å². The number of rotatable bonds is 10. The summed E-state index contributed by atoms with van der Waals surface area (Å²) in [6, 6.07) is 0. The largest absolute Gasteiger partial charge is 0.394 e. The van der Waals surface area contributed by atoms with Gasteiger partial charge in [0.15, 0.2) is 12.6 Å². The minimum atomic E-state index is -1.55. The molecule has 6 aliphatic rings. The molecule has 0 bridgehead atoms. The molecular formula is C37H62O13. The van der Waals surface area contributed by atoms with E-state index in [1.54, 1.807) is 6.92 Å². The van der Waals surface area contributed by atoms with Gasteiger partial charge in [0.05, 0.1) is 37.1 Å². The molecule has 0 amide bonds. The van der Waals surface area contributed by atoms with Gasteiger partial charge in [0, 0.05) is 12.3 Å². The fourth-order valence-electron chi connectivity index (χ4n) is 10.7. The maximum Gasteiger partial charge on any atom is 0.186 e. The molecule has 4 aliphatic carbocycles. The molecule has 0 radical (unpaired) electrons. The Labute approximate surface area is 295 Å². The summed E-state index contributed by atoms with van der Waals surface area (Å²) in [6.07, 6.45) is -7.12. The van der Waals surface area contributed by atoms with Gasteiger partial charge in [-0.1, -0.05) is 32.4 Å². The van der Waals surface area contributed by atoms with Crippen LogP contribution in [0, 0.1) is 47.3 Å². The zero-order valence-corrected chi connectivity index (χ0v) is 29.8. The van der Waals surface area contributed by atoms with E-state index in [1.807, 2.05) is 0 Å². The first-order valence-corrected chi connectivity index (χ1v) is 19.1. The molecule has 13 heteroatoms. The first kappa shape index (κ1) is 38.9. The molecule has 50 heavy (non-hydrogen) atoms. The quantitative estimate of drug-likeness (QED) is 0.138. The predicted molar refractivity (Wildman–Crippen MR) is 178 cm³/mol. The predicted octanol–water partition coefficient (Wildman–Crippen LogP) is 0.197. The number of hydrogen-bond acceptors (Lipinski definition) is 13. The first-order chi connectivity index (χ1) is 23.7. The minimum Gasteiger partial charge on any atom is -0.394 e. The van der Waals surface area contributed by atoms with E-state index >= 15 is 0 Å². The van der Waals surface area contributed by atoms with E-state index in [1.165, 1.54) is 0 Å². The third kappa shape index (κ3) is 7.47. The van der Waals surface area contributed by atoms with E-state index in [0.29, 0.717) is 31.6 Å². The van der Waals surface area contributed by atoms with E-state index in [0.717, 1.165) is 31.3 Å². The Kier molecular flexibility index (Phi) is 12.4. The Balaban J connectivity index is 1.25. The Morgan fingerprint density at radius 2 is 1.38 bits per heavy atom. The van der Waals surface area contributed by atoms with Crippen LogP contribution < -0.4 is 0 Å². The number of hydrogen-bond donors (Lipinski definition) is 9. The normalized spacial score (nSPS) is 50.6. The molecule has 2 heterocycles. The number of allylic oxidation sites excluding steroid dienone is 1. The van der Waals surface area contributed by atoms with Gasteiger partial charge in [-0.25, -0.2) is 0 Å². The Morgan fingerprint density at radius 1 is 0.740 bits per heavy atom. The molecule has 2 saturated heterocycles. The maximum absolute atomic E-state index is 11.5. The minimum absolute atomic E-state index is 0.0360. The van der Waals surface area contributed by atoms with Crippen molar-refractivity contribution in [1.29, 1.82) is 0 Å². The lowest BCUT2D eigenvalue weighted by molar-refractivity contribution is -0.315. The smallest absolute Gasteiger partial charge is 0.186 e. The van der Waals surface area contributed by atoms with Crippen molar-refractivity contribution in [3.63, 3.8) is 0 Å². The first-order valence-electron chi connectivity index (χ1n) is 19.1. The number of aliphatic hydroxyl groups is 9. The summed E-state index contributed by atoms with van der Waals surface area (Å²) in [6.45, 7) is 7.41. The van der Waals surface area contributed by atoms with Crippen molar-refractivity contribution in [3.8, 4) is 0 Å². The molecule has 3 saturated carbocycles. The topological polar surface area (TPSA) is 219 Å². The standard InChI is InChI=1S/C37H62O13/c1-15(2)5-10-24(40)16(3)28-22-9-8-21-20(23(22)13-26(28)49-37-35(46)33(44)31(42)27(14-38)50-37)7-6-18-11-19(39)12-25(29(18)21)48-36-34(45)32(43)30(41)17(4)47-36/h6,15-17,19-46H,5,7-14H2,1-4H3/t16?,17-,19+,20?,21?,22?,23?,24-,25+,26?,27+,28?,29?,30-,31+,32+,33-,34+,35+,36-,37+/m0/s1. The van der Waals surface area contributed by atoms with Crippen molar-refractivity contribution in [3.05, 3.63) is 11.6 Å². The number of fused-ring (bicyclic) bond motifs is 5. The third-order valence-corrected chi connectivity index (χ3v) is 13.4. The summed E-state index contributed by atoms with van der Waals surface area (Å²) in [5.74, 6) is 1.06. The van der Waals surface area contributed by atoms with Crippen LogP contribution in [0.4, 0.5) is 0 Å². The SMILES string of the molecule is CC(C)CC[C@H](O)C(C)C1C(O[C@@H]2O[C@H](CO)[C@@H](O)[C@H](O)[C@H]2O)CC2C3CC=C4C[C@@H](O)C[C@@H](O[C@@H]5O[C@@H](C)[C@H](O)[C@@H](O)[C@H]5O)C4C3CCC21. The average molecular weight is 715 g/mol. The van der Waals surface area contributed by atoms with Crippen LogP contribution in [0.3, 0.4) is 0 Å². The lowest BCUT2D eigenvalue weighted by atomic mass is 9.55. The highest BCUT2D eigenvalue weighted by Gasteiger charge is 2.58. The van der Waals surface area contributed by atoms with Gasteiger partial charge in [-0.15, -0.1) is 0 Å². The molecule has 0 spiro atoms. The molecule has 0 aromatic heterocycles. The van der Waals surface area contributed by atoms with E-state index in [-0.39, 0.29) is 41.4 Å². The van der Waals surface area contributed by atoms with E-state index in [9.17, 15) is 46.0 Å². The maximum atomic E-state index is 11.5. The molecule has 288 valence electrons. The van der Waals surface area contributed by atoms with Gasteiger partial charge in [0.25, 0.3) is 0 Å². The average Bonchev–Trinajstić information content (AvgIpc) is 3.46. The Hall–Kier alpha value is -0.780. The molecule has 0 aromatic rings. The van der Waals surface area contributed by atoms with E-state index in [2.05, 4.69) is 26.8 Å². The summed E-state index contributed by atoms with van der Waals surface area (Å²) in [5, 5.41) is 95.4. The molecule has 21 atom stereocenters. The summed E-state index contributed by atoms with van der Waals surface area (Å²) >= 11 is 0. The fourth-order valence-corrected chi connectivity index (χ4v) is 10.7. The summed E-state index contributed by atoms with van der Waals surface area (Å²) in [4.78, 5) is 0.